The molecular formula is C20H19Cl2N3O3. The molecule has 1 atom stereocenters. The number of carboxylic acids is 1. The average Bonchev–Trinajstić information content (AvgIpc) is 3.02. The lowest BCUT2D eigenvalue weighted by Crippen LogP contribution is -2.19. The number of hydrogen-bond acceptors (Lipinski definition) is 4. The van der Waals surface area contributed by atoms with Crippen molar-refractivity contribution in [3.05, 3.63) is 69.8 Å². The third-order valence-corrected chi connectivity index (χ3v) is 4.81. The second-order valence-electron chi connectivity index (χ2n) is 6.56. The van der Waals surface area contributed by atoms with E-state index in [0.29, 0.717) is 27.0 Å². The Morgan fingerprint density at radius 2 is 1.79 bits per heavy atom. The van der Waals surface area contributed by atoms with Crippen LogP contribution in [0.5, 0.6) is 11.6 Å². The van der Waals surface area contributed by atoms with E-state index in [2.05, 4.69) is 5.10 Å². The predicted octanol–water partition coefficient (Wildman–Crippen LogP) is 5.33. The molecule has 1 aromatic heterocycles. The largest absolute Gasteiger partial charge is 0.476 e. The summed E-state index contributed by atoms with van der Waals surface area (Å²) in [6.45, 7) is 3.80. The number of nitrogens with zero attached hydrogens (tertiary/aromatic N) is 2. The van der Waals surface area contributed by atoms with Gasteiger partial charge in [-0.15, -0.1) is 0 Å². The molecule has 0 aliphatic rings. The number of nitrogens with two attached hydrogens (primary N) is 1. The highest BCUT2D eigenvalue weighted by molar-refractivity contribution is 6.32. The molecular weight excluding hydrogens is 401 g/mol. The van der Waals surface area contributed by atoms with Crippen molar-refractivity contribution < 1.29 is 14.6 Å². The highest BCUT2D eigenvalue weighted by Gasteiger charge is 2.31. The number of aromatic carboxylic acids is 1. The quantitative estimate of drug-likeness (QED) is 0.563. The molecule has 3 aromatic rings. The molecule has 0 spiro atoms. The van der Waals surface area contributed by atoms with Gasteiger partial charge in [0.05, 0.1) is 16.3 Å². The summed E-state index contributed by atoms with van der Waals surface area (Å²) in [6, 6.07) is 13.1. The Hall–Kier alpha value is -2.54. The third-order valence-electron chi connectivity index (χ3n) is 4.24. The van der Waals surface area contributed by atoms with E-state index in [4.69, 9.17) is 33.7 Å². The van der Waals surface area contributed by atoms with Crippen molar-refractivity contribution in [2.75, 3.05) is 0 Å². The Labute approximate surface area is 172 Å². The van der Waals surface area contributed by atoms with Crippen LogP contribution < -0.4 is 10.5 Å². The molecule has 3 rings (SSSR count). The van der Waals surface area contributed by atoms with Gasteiger partial charge in [0.25, 0.3) is 0 Å². The standard InChI is InChI=1S/C20H19Cl2N3O3/c1-11(2)17(23)16-18(20(26)27)24-25(15-6-4-3-5-14(15)22)19(16)28-13-9-7-12(21)8-10-13/h3-11,17H,23H2,1-2H3,(H,26,27). The van der Waals surface area contributed by atoms with E-state index in [1.807, 2.05) is 13.8 Å². The van der Waals surface area contributed by atoms with E-state index in [-0.39, 0.29) is 17.5 Å². The maximum atomic E-state index is 11.9. The van der Waals surface area contributed by atoms with Gasteiger partial charge in [-0.2, -0.15) is 9.78 Å². The molecule has 0 radical (unpaired) electrons. The summed E-state index contributed by atoms with van der Waals surface area (Å²) >= 11 is 12.3. The summed E-state index contributed by atoms with van der Waals surface area (Å²) in [7, 11) is 0. The first-order chi connectivity index (χ1) is 13.3. The molecule has 6 nitrogen and oxygen atoms in total. The molecule has 0 saturated heterocycles. The lowest BCUT2D eigenvalue weighted by molar-refractivity contribution is 0.0688. The molecule has 0 fully saturated rings. The van der Waals surface area contributed by atoms with Crippen LogP contribution in [0.2, 0.25) is 10.0 Å². The van der Waals surface area contributed by atoms with Gasteiger partial charge in [0.15, 0.2) is 5.69 Å². The predicted molar refractivity (Wildman–Crippen MR) is 109 cm³/mol. The van der Waals surface area contributed by atoms with E-state index in [0.717, 1.165) is 0 Å². The smallest absolute Gasteiger partial charge is 0.356 e. The number of carboxylic acid groups (broad SMARTS) is 1. The van der Waals surface area contributed by atoms with Gasteiger partial charge in [-0.25, -0.2) is 4.79 Å². The highest BCUT2D eigenvalue weighted by atomic mass is 35.5. The van der Waals surface area contributed by atoms with Crippen molar-refractivity contribution >= 4 is 29.2 Å². The Morgan fingerprint density at radius 1 is 1.14 bits per heavy atom. The minimum atomic E-state index is -1.20. The first-order valence-electron chi connectivity index (χ1n) is 8.59. The Morgan fingerprint density at radius 3 is 2.36 bits per heavy atom. The lowest BCUT2D eigenvalue weighted by Gasteiger charge is -2.18. The molecule has 0 saturated carbocycles. The average molecular weight is 420 g/mol. The third kappa shape index (κ3) is 3.99. The van der Waals surface area contributed by atoms with Crippen LogP contribution in [0.25, 0.3) is 5.69 Å². The fourth-order valence-corrected chi connectivity index (χ4v) is 3.05. The minimum Gasteiger partial charge on any atom is -0.476 e. The second-order valence-corrected chi connectivity index (χ2v) is 7.41. The molecule has 0 amide bonds. The minimum absolute atomic E-state index is 0.0467. The van der Waals surface area contributed by atoms with Gasteiger partial charge in [0.1, 0.15) is 5.75 Å². The van der Waals surface area contributed by atoms with Gasteiger partial charge in [-0.3, -0.25) is 0 Å². The van der Waals surface area contributed by atoms with Crippen molar-refractivity contribution in [2.24, 2.45) is 11.7 Å². The van der Waals surface area contributed by atoms with Crippen molar-refractivity contribution in [1.82, 2.24) is 9.78 Å². The van der Waals surface area contributed by atoms with Crippen LogP contribution in [0.1, 0.15) is 35.9 Å². The number of carbonyl (C=O) groups is 1. The highest BCUT2D eigenvalue weighted by Crippen LogP contribution is 2.38. The van der Waals surface area contributed by atoms with Gasteiger partial charge < -0.3 is 15.6 Å². The summed E-state index contributed by atoms with van der Waals surface area (Å²) in [5.41, 5.74) is 6.95. The zero-order valence-electron chi connectivity index (χ0n) is 15.3. The maximum Gasteiger partial charge on any atom is 0.356 e. The number of benzene rings is 2. The number of rotatable bonds is 6. The van der Waals surface area contributed by atoms with Crippen LogP contribution in [0.4, 0.5) is 0 Å². The molecule has 3 N–H and O–H groups in total. The van der Waals surface area contributed by atoms with E-state index in [9.17, 15) is 9.90 Å². The molecule has 2 aromatic carbocycles. The van der Waals surface area contributed by atoms with Crippen LogP contribution in [0, 0.1) is 5.92 Å². The molecule has 8 heteroatoms. The Balaban J connectivity index is 2.26. The van der Waals surface area contributed by atoms with E-state index >= 15 is 0 Å². The van der Waals surface area contributed by atoms with Crippen LogP contribution in [-0.2, 0) is 0 Å². The van der Waals surface area contributed by atoms with E-state index < -0.39 is 12.0 Å². The Bertz CT molecular complexity index is 1000. The summed E-state index contributed by atoms with van der Waals surface area (Å²) < 4.78 is 7.42. The Kier molecular flexibility index (Phi) is 5.93. The van der Waals surface area contributed by atoms with E-state index in [1.165, 1.54) is 4.68 Å². The van der Waals surface area contributed by atoms with Gasteiger partial charge in [0.2, 0.25) is 5.88 Å². The zero-order chi connectivity index (χ0) is 20.4. The molecule has 0 bridgehead atoms. The number of para-hydroxylation sites is 1. The van der Waals surface area contributed by atoms with Crippen LogP contribution in [0.3, 0.4) is 0 Å². The SMILES string of the molecule is CC(C)C(N)c1c(C(=O)O)nn(-c2ccccc2Cl)c1Oc1ccc(Cl)cc1. The fourth-order valence-electron chi connectivity index (χ4n) is 2.71. The molecule has 0 aliphatic heterocycles. The van der Waals surface area contributed by atoms with Gasteiger partial charge >= 0.3 is 5.97 Å². The molecule has 1 unspecified atom stereocenters. The van der Waals surface area contributed by atoms with Gasteiger partial charge in [0, 0.05) is 11.1 Å². The fraction of sp³-hybridized carbons (Fsp3) is 0.200. The van der Waals surface area contributed by atoms with Crippen LogP contribution in [0.15, 0.2) is 48.5 Å². The van der Waals surface area contributed by atoms with Crippen molar-refractivity contribution in [1.29, 1.82) is 0 Å². The van der Waals surface area contributed by atoms with Crippen LogP contribution >= 0.6 is 23.2 Å². The first-order valence-corrected chi connectivity index (χ1v) is 9.35. The van der Waals surface area contributed by atoms with Crippen LogP contribution in [-0.4, -0.2) is 20.9 Å². The number of hydrogen-bond donors (Lipinski definition) is 2. The van der Waals surface area contributed by atoms with Crippen molar-refractivity contribution in [3.63, 3.8) is 0 Å². The molecule has 0 aliphatic carbocycles. The first kappa shape index (κ1) is 20.2. The van der Waals surface area contributed by atoms with Gasteiger partial charge in [-0.1, -0.05) is 49.2 Å². The molecule has 28 heavy (non-hydrogen) atoms. The normalized spacial score (nSPS) is 12.2. The zero-order valence-corrected chi connectivity index (χ0v) is 16.8. The monoisotopic (exact) mass is 419 g/mol. The maximum absolute atomic E-state index is 11.9. The number of aromatic nitrogens is 2. The van der Waals surface area contributed by atoms with E-state index in [1.54, 1.807) is 48.5 Å². The summed E-state index contributed by atoms with van der Waals surface area (Å²) in [5, 5.41) is 14.9. The summed E-state index contributed by atoms with van der Waals surface area (Å²) in [5.74, 6) is -0.576. The topological polar surface area (TPSA) is 90.4 Å². The number of halogens is 2. The van der Waals surface area contributed by atoms with Crippen molar-refractivity contribution in [3.8, 4) is 17.3 Å². The molecule has 146 valence electrons. The lowest BCUT2D eigenvalue weighted by atomic mass is 9.97. The number of ether oxygens (including phenoxy) is 1. The van der Waals surface area contributed by atoms with Gasteiger partial charge in [-0.05, 0) is 42.3 Å². The van der Waals surface area contributed by atoms with Crippen molar-refractivity contribution in [2.45, 2.75) is 19.9 Å². The molecule has 1 heterocycles. The second kappa shape index (κ2) is 8.22. The summed E-state index contributed by atoms with van der Waals surface area (Å²) in [4.78, 5) is 11.9. The summed E-state index contributed by atoms with van der Waals surface area (Å²) in [6.07, 6.45) is 0.